The minimum Gasteiger partial charge on any atom is -0.340 e. The number of rotatable bonds is 1. The van der Waals surface area contributed by atoms with Gasteiger partial charge in [0, 0.05) is 6.16 Å². The third-order valence-corrected chi connectivity index (χ3v) is 7.95. The fourth-order valence-corrected chi connectivity index (χ4v) is 4.53. The van der Waals surface area contributed by atoms with E-state index in [1.54, 1.807) is 11.4 Å². The molecule has 56 valence electrons. The molecule has 2 unspecified atom stereocenters. The second-order valence-corrected chi connectivity index (χ2v) is 9.67. The maximum Gasteiger partial charge on any atom is 0.120 e. The normalized spacial score (nSPS) is 39.4. The van der Waals surface area contributed by atoms with E-state index in [1.807, 2.05) is 6.26 Å². The third-order valence-electron chi connectivity index (χ3n) is 1.43. The minimum atomic E-state index is -1.52. The lowest BCUT2D eigenvalue weighted by atomic mass is 10.2. The molecule has 1 rings (SSSR count). The summed E-state index contributed by atoms with van der Waals surface area (Å²) in [6.45, 7) is 0.675. The van der Waals surface area contributed by atoms with Crippen LogP contribution in [0.4, 0.5) is 0 Å². The molecule has 0 radical (unpaired) electrons. The van der Waals surface area contributed by atoms with Crippen LogP contribution < -0.4 is 0 Å². The van der Waals surface area contributed by atoms with Crippen LogP contribution in [0.3, 0.4) is 0 Å². The van der Waals surface area contributed by atoms with Gasteiger partial charge in [-0.25, -0.2) is 0 Å². The molecule has 2 atom stereocenters. The summed E-state index contributed by atoms with van der Waals surface area (Å²) in [6.07, 6.45) is 8.16. The molecule has 0 amide bonds. The highest BCUT2D eigenvalue weighted by Crippen LogP contribution is 2.63. The lowest BCUT2D eigenvalue weighted by Gasteiger charge is -2.08. The van der Waals surface area contributed by atoms with Crippen LogP contribution in [-0.4, -0.2) is 19.0 Å². The lowest BCUT2D eigenvalue weighted by Crippen LogP contribution is -1.96. The summed E-state index contributed by atoms with van der Waals surface area (Å²) in [6, 6.07) is 0. The van der Waals surface area contributed by atoms with Crippen LogP contribution in [-0.2, 0) is 16.3 Å². The summed E-state index contributed by atoms with van der Waals surface area (Å²) < 4.78 is 5.44. The van der Waals surface area contributed by atoms with Crippen LogP contribution >= 0.6 is 16.8 Å². The Morgan fingerprint density at radius 3 is 2.90 bits per heavy atom. The zero-order valence-electron chi connectivity index (χ0n) is 5.74. The van der Waals surface area contributed by atoms with Crippen LogP contribution in [0.15, 0.2) is 0 Å². The van der Waals surface area contributed by atoms with Crippen molar-refractivity contribution in [2.24, 2.45) is 5.92 Å². The van der Waals surface area contributed by atoms with Gasteiger partial charge in [-0.05, 0) is 6.26 Å². The SMILES string of the molecule is C#CC1COP(=S)(SC)C1. The Hall–Kier alpha value is 0.520. The molecule has 1 fully saturated rings. The van der Waals surface area contributed by atoms with Gasteiger partial charge in [0.25, 0.3) is 0 Å². The zero-order valence-corrected chi connectivity index (χ0v) is 8.27. The first kappa shape index (κ1) is 8.62. The molecule has 0 aromatic rings. The summed E-state index contributed by atoms with van der Waals surface area (Å²) in [7, 11) is 0. The second-order valence-electron chi connectivity index (χ2n) is 2.14. The van der Waals surface area contributed by atoms with Crippen LogP contribution in [0.1, 0.15) is 0 Å². The van der Waals surface area contributed by atoms with Crippen molar-refractivity contribution in [3.63, 3.8) is 0 Å². The molecule has 1 heterocycles. The summed E-state index contributed by atoms with van der Waals surface area (Å²) >= 11 is 6.93. The molecule has 1 aliphatic rings. The van der Waals surface area contributed by atoms with E-state index in [2.05, 4.69) is 5.92 Å². The molecule has 10 heavy (non-hydrogen) atoms. The molecule has 4 heteroatoms. The Balaban J connectivity index is 2.60. The Morgan fingerprint density at radius 2 is 2.60 bits per heavy atom. The van der Waals surface area contributed by atoms with Crippen molar-refractivity contribution in [3.05, 3.63) is 0 Å². The Morgan fingerprint density at radius 1 is 1.90 bits per heavy atom. The molecule has 0 saturated carbocycles. The van der Waals surface area contributed by atoms with E-state index < -0.39 is 5.47 Å². The molecular weight excluding hydrogens is 183 g/mol. The second kappa shape index (κ2) is 3.28. The van der Waals surface area contributed by atoms with E-state index in [9.17, 15) is 0 Å². The van der Waals surface area contributed by atoms with E-state index in [0.29, 0.717) is 6.61 Å². The third kappa shape index (κ3) is 1.77. The molecule has 0 aromatic heterocycles. The monoisotopic (exact) mass is 192 g/mol. The molecule has 0 N–H and O–H groups in total. The van der Waals surface area contributed by atoms with Gasteiger partial charge in [-0.1, -0.05) is 11.8 Å². The van der Waals surface area contributed by atoms with Gasteiger partial charge in [0.15, 0.2) is 0 Å². The van der Waals surface area contributed by atoms with Crippen molar-refractivity contribution in [1.29, 1.82) is 0 Å². The average molecular weight is 192 g/mol. The van der Waals surface area contributed by atoms with Crippen LogP contribution in [0.2, 0.25) is 0 Å². The maximum atomic E-state index is 5.44. The molecule has 1 nitrogen and oxygen atoms in total. The number of hydrogen-bond donors (Lipinski definition) is 0. The van der Waals surface area contributed by atoms with Crippen molar-refractivity contribution >= 4 is 28.7 Å². The highest BCUT2D eigenvalue weighted by Gasteiger charge is 2.29. The fraction of sp³-hybridized carbons (Fsp3) is 0.667. The first-order valence-corrected chi connectivity index (χ1v) is 7.69. The van der Waals surface area contributed by atoms with Crippen molar-refractivity contribution in [1.82, 2.24) is 0 Å². The van der Waals surface area contributed by atoms with E-state index in [4.69, 9.17) is 22.8 Å². The first-order valence-electron chi connectivity index (χ1n) is 2.95. The standard InChI is InChI=1S/C6H9OPS2/c1-3-6-4-7-8(9,5-6)10-2/h1,6H,4-5H2,2H3. The van der Waals surface area contributed by atoms with Crippen molar-refractivity contribution in [2.75, 3.05) is 19.0 Å². The predicted molar refractivity (Wildman–Crippen MR) is 50.9 cm³/mol. The maximum absolute atomic E-state index is 5.44. The van der Waals surface area contributed by atoms with Crippen LogP contribution in [0, 0.1) is 18.3 Å². The summed E-state index contributed by atoms with van der Waals surface area (Å²) in [4.78, 5) is 0. The average Bonchev–Trinajstić information content (AvgIpc) is 2.33. The lowest BCUT2D eigenvalue weighted by molar-refractivity contribution is 0.365. The molecule has 1 aliphatic heterocycles. The van der Waals surface area contributed by atoms with Gasteiger partial charge in [-0.2, -0.15) is 0 Å². The van der Waals surface area contributed by atoms with Gasteiger partial charge >= 0.3 is 0 Å². The highest BCUT2D eigenvalue weighted by atomic mass is 32.9. The van der Waals surface area contributed by atoms with E-state index in [0.717, 1.165) is 6.16 Å². The molecule has 0 aromatic carbocycles. The smallest absolute Gasteiger partial charge is 0.120 e. The van der Waals surface area contributed by atoms with Crippen molar-refractivity contribution in [2.45, 2.75) is 0 Å². The summed E-state index contributed by atoms with van der Waals surface area (Å²) in [5.74, 6) is 2.95. The Kier molecular flexibility index (Phi) is 2.82. The van der Waals surface area contributed by atoms with Gasteiger partial charge in [-0.15, -0.1) is 23.7 Å². The fourth-order valence-electron chi connectivity index (χ4n) is 0.807. The largest absolute Gasteiger partial charge is 0.340 e. The summed E-state index contributed by atoms with van der Waals surface area (Å²) in [5.41, 5.74) is -1.52. The number of terminal acetylenes is 1. The molecule has 0 spiro atoms. The van der Waals surface area contributed by atoms with E-state index >= 15 is 0 Å². The van der Waals surface area contributed by atoms with Gasteiger partial charge in [-0.3, -0.25) is 0 Å². The van der Waals surface area contributed by atoms with Crippen molar-refractivity contribution < 1.29 is 4.52 Å². The predicted octanol–water partition coefficient (Wildman–Crippen LogP) is 1.94. The zero-order chi connectivity index (χ0) is 7.61. The highest BCUT2D eigenvalue weighted by molar-refractivity contribution is 8.69. The Bertz CT molecular complexity index is 208. The molecular formula is C6H9OPS2. The van der Waals surface area contributed by atoms with Crippen LogP contribution in [0.25, 0.3) is 0 Å². The van der Waals surface area contributed by atoms with E-state index in [1.165, 1.54) is 0 Å². The van der Waals surface area contributed by atoms with Crippen molar-refractivity contribution in [3.8, 4) is 12.3 Å². The van der Waals surface area contributed by atoms with Crippen LogP contribution in [0.5, 0.6) is 0 Å². The van der Waals surface area contributed by atoms with Gasteiger partial charge < -0.3 is 4.52 Å². The van der Waals surface area contributed by atoms with E-state index in [-0.39, 0.29) is 5.92 Å². The number of hydrogen-bond acceptors (Lipinski definition) is 3. The van der Waals surface area contributed by atoms with Gasteiger partial charge in [0.1, 0.15) is 5.47 Å². The quantitative estimate of drug-likeness (QED) is 0.464. The first-order chi connectivity index (χ1) is 4.70. The Labute approximate surface area is 70.7 Å². The minimum absolute atomic E-state index is 0.276. The summed E-state index contributed by atoms with van der Waals surface area (Å²) in [5, 5.41) is 0. The molecule has 1 saturated heterocycles. The molecule has 0 bridgehead atoms. The van der Waals surface area contributed by atoms with Gasteiger partial charge in [0.2, 0.25) is 0 Å². The topological polar surface area (TPSA) is 9.23 Å². The molecule has 0 aliphatic carbocycles. The van der Waals surface area contributed by atoms with Gasteiger partial charge in [0.05, 0.1) is 12.5 Å².